The maximum atomic E-state index is 12.0. The smallest absolute Gasteiger partial charge is 0.330 e. The molecule has 0 aliphatic carbocycles. The number of carboxylic acids is 1. The van der Waals surface area contributed by atoms with Gasteiger partial charge in [-0.15, -0.1) is 0 Å². The standard InChI is InChI=1S/C16H21NO4S/c1-11-3-4-13(9-12(11)2)21-7-5-14(18)17-16(15(19)20)6-8-22-10-16/h3-4,9H,5-8,10H2,1-2H3,(H,17,18)(H,19,20)/t16-/m0/s1. The van der Waals surface area contributed by atoms with E-state index in [0.29, 0.717) is 12.2 Å². The highest BCUT2D eigenvalue weighted by Gasteiger charge is 2.43. The van der Waals surface area contributed by atoms with Crippen molar-refractivity contribution in [2.45, 2.75) is 32.2 Å². The molecular formula is C16H21NO4S. The van der Waals surface area contributed by atoms with Gasteiger partial charge in [0.05, 0.1) is 13.0 Å². The van der Waals surface area contributed by atoms with Crippen molar-refractivity contribution in [3.8, 4) is 5.75 Å². The lowest BCUT2D eigenvalue weighted by Crippen LogP contribution is -2.54. The molecule has 2 rings (SSSR count). The summed E-state index contributed by atoms with van der Waals surface area (Å²) in [6.45, 7) is 4.26. The second-order valence-corrected chi connectivity index (χ2v) is 6.69. The normalized spacial score (nSPS) is 20.6. The third kappa shape index (κ3) is 3.94. The highest BCUT2D eigenvalue weighted by Crippen LogP contribution is 2.28. The molecule has 0 bridgehead atoms. The largest absolute Gasteiger partial charge is 0.493 e. The monoisotopic (exact) mass is 323 g/mol. The van der Waals surface area contributed by atoms with E-state index in [0.717, 1.165) is 17.1 Å². The summed E-state index contributed by atoms with van der Waals surface area (Å²) in [6.07, 6.45) is 0.614. The van der Waals surface area contributed by atoms with E-state index >= 15 is 0 Å². The molecule has 1 saturated heterocycles. The van der Waals surface area contributed by atoms with Gasteiger partial charge < -0.3 is 15.2 Å². The minimum absolute atomic E-state index is 0.145. The van der Waals surface area contributed by atoms with E-state index in [4.69, 9.17) is 4.74 Å². The predicted molar refractivity (Wildman–Crippen MR) is 86.5 cm³/mol. The molecule has 6 heteroatoms. The van der Waals surface area contributed by atoms with Gasteiger partial charge >= 0.3 is 5.97 Å². The number of thioether (sulfide) groups is 1. The van der Waals surface area contributed by atoms with Gasteiger partial charge in [0.15, 0.2) is 0 Å². The second kappa shape index (κ2) is 7.05. The fourth-order valence-corrected chi connectivity index (χ4v) is 3.61. The van der Waals surface area contributed by atoms with E-state index in [-0.39, 0.29) is 18.9 Å². The Morgan fingerprint density at radius 1 is 1.36 bits per heavy atom. The van der Waals surface area contributed by atoms with Crippen LogP contribution in [0.1, 0.15) is 24.0 Å². The molecule has 0 unspecified atom stereocenters. The Kier molecular flexibility index (Phi) is 5.34. The zero-order chi connectivity index (χ0) is 16.2. The third-order valence-electron chi connectivity index (χ3n) is 3.89. The predicted octanol–water partition coefficient (Wildman–Crippen LogP) is 2.15. The lowest BCUT2D eigenvalue weighted by molar-refractivity contribution is -0.146. The molecule has 1 amide bonds. The first-order valence-corrected chi connectivity index (χ1v) is 8.41. The second-order valence-electron chi connectivity index (χ2n) is 5.58. The number of ether oxygens (including phenoxy) is 1. The lowest BCUT2D eigenvalue weighted by atomic mass is 9.99. The summed E-state index contributed by atoms with van der Waals surface area (Å²) in [5.41, 5.74) is 1.21. The molecule has 120 valence electrons. The third-order valence-corrected chi connectivity index (χ3v) is 5.08. The molecule has 22 heavy (non-hydrogen) atoms. The highest BCUT2D eigenvalue weighted by molar-refractivity contribution is 7.99. The van der Waals surface area contributed by atoms with Crippen LogP contribution in [0.3, 0.4) is 0 Å². The summed E-state index contributed by atoms with van der Waals surface area (Å²) in [5, 5.41) is 12.0. The van der Waals surface area contributed by atoms with Crippen LogP contribution in [0.5, 0.6) is 5.75 Å². The van der Waals surface area contributed by atoms with Gasteiger partial charge in [-0.3, -0.25) is 4.79 Å². The molecule has 1 aliphatic heterocycles. The molecule has 1 aromatic carbocycles. The Bertz CT molecular complexity index is 567. The number of benzene rings is 1. The van der Waals surface area contributed by atoms with Crippen molar-refractivity contribution < 1.29 is 19.4 Å². The van der Waals surface area contributed by atoms with Crippen LogP contribution in [-0.2, 0) is 9.59 Å². The zero-order valence-electron chi connectivity index (χ0n) is 12.8. The summed E-state index contributed by atoms with van der Waals surface area (Å²) >= 11 is 1.55. The number of aliphatic carboxylic acids is 1. The van der Waals surface area contributed by atoms with E-state index in [1.807, 2.05) is 32.0 Å². The summed E-state index contributed by atoms with van der Waals surface area (Å²) in [7, 11) is 0. The van der Waals surface area contributed by atoms with Gasteiger partial charge in [0.1, 0.15) is 11.3 Å². The van der Waals surface area contributed by atoms with E-state index < -0.39 is 11.5 Å². The Morgan fingerprint density at radius 2 is 2.14 bits per heavy atom. The van der Waals surface area contributed by atoms with Crippen LogP contribution >= 0.6 is 11.8 Å². The average molecular weight is 323 g/mol. The van der Waals surface area contributed by atoms with Crippen molar-refractivity contribution in [3.63, 3.8) is 0 Å². The first kappa shape index (κ1) is 16.7. The van der Waals surface area contributed by atoms with Crippen molar-refractivity contribution in [1.82, 2.24) is 5.32 Å². The van der Waals surface area contributed by atoms with E-state index in [1.165, 1.54) is 5.56 Å². The molecule has 1 atom stereocenters. The van der Waals surface area contributed by atoms with Gasteiger partial charge in [-0.2, -0.15) is 11.8 Å². The van der Waals surface area contributed by atoms with E-state index in [2.05, 4.69) is 5.32 Å². The Labute approximate surface area is 134 Å². The van der Waals surface area contributed by atoms with Crippen LogP contribution < -0.4 is 10.1 Å². The highest BCUT2D eigenvalue weighted by atomic mass is 32.2. The molecule has 1 aromatic rings. The summed E-state index contributed by atoms with van der Waals surface area (Å²) in [6, 6.07) is 5.77. The van der Waals surface area contributed by atoms with Crippen molar-refractivity contribution in [2.24, 2.45) is 0 Å². The van der Waals surface area contributed by atoms with Gasteiger partial charge in [-0.25, -0.2) is 4.79 Å². The number of carboxylic acid groups (broad SMARTS) is 1. The van der Waals surface area contributed by atoms with Gasteiger partial charge in [-0.1, -0.05) is 6.07 Å². The minimum Gasteiger partial charge on any atom is -0.493 e. The maximum Gasteiger partial charge on any atom is 0.330 e. The number of amides is 1. The van der Waals surface area contributed by atoms with Crippen LogP contribution in [0.15, 0.2) is 18.2 Å². The number of hydrogen-bond donors (Lipinski definition) is 2. The molecule has 0 radical (unpaired) electrons. The quantitative estimate of drug-likeness (QED) is 0.839. The fraction of sp³-hybridized carbons (Fsp3) is 0.500. The number of carbonyl (C=O) groups is 2. The number of hydrogen-bond acceptors (Lipinski definition) is 4. The average Bonchev–Trinajstić information content (AvgIpc) is 2.92. The molecule has 0 aromatic heterocycles. The van der Waals surface area contributed by atoms with Gasteiger partial charge in [-0.05, 0) is 49.3 Å². The van der Waals surface area contributed by atoms with Crippen molar-refractivity contribution >= 4 is 23.6 Å². The van der Waals surface area contributed by atoms with Crippen LogP contribution in [0, 0.1) is 13.8 Å². The number of aryl methyl sites for hydroxylation is 2. The molecule has 1 fully saturated rings. The van der Waals surface area contributed by atoms with Crippen molar-refractivity contribution in [1.29, 1.82) is 0 Å². The van der Waals surface area contributed by atoms with Gasteiger partial charge in [0.25, 0.3) is 0 Å². The molecule has 1 aliphatic rings. The van der Waals surface area contributed by atoms with Crippen LogP contribution in [0.25, 0.3) is 0 Å². The topological polar surface area (TPSA) is 75.6 Å². The van der Waals surface area contributed by atoms with Crippen molar-refractivity contribution in [2.75, 3.05) is 18.1 Å². The fourth-order valence-electron chi connectivity index (χ4n) is 2.28. The van der Waals surface area contributed by atoms with Crippen LogP contribution in [-0.4, -0.2) is 40.6 Å². The maximum absolute atomic E-state index is 12.0. The molecule has 2 N–H and O–H groups in total. The first-order chi connectivity index (χ1) is 10.4. The Hall–Kier alpha value is -1.69. The minimum atomic E-state index is -1.11. The Morgan fingerprint density at radius 3 is 2.73 bits per heavy atom. The summed E-state index contributed by atoms with van der Waals surface area (Å²) in [4.78, 5) is 23.3. The summed E-state index contributed by atoms with van der Waals surface area (Å²) in [5.74, 6) is 0.660. The van der Waals surface area contributed by atoms with Gasteiger partial charge in [0.2, 0.25) is 5.91 Å². The molecule has 0 spiro atoms. The molecule has 1 heterocycles. The molecular weight excluding hydrogens is 302 g/mol. The lowest BCUT2D eigenvalue weighted by Gasteiger charge is -2.24. The number of nitrogens with one attached hydrogen (secondary N) is 1. The zero-order valence-corrected chi connectivity index (χ0v) is 13.7. The SMILES string of the molecule is Cc1ccc(OCCC(=O)N[C@@]2(C(=O)O)CCSC2)cc1C. The summed E-state index contributed by atoms with van der Waals surface area (Å²) < 4.78 is 5.56. The Balaban J connectivity index is 1.82. The van der Waals surface area contributed by atoms with Crippen molar-refractivity contribution in [3.05, 3.63) is 29.3 Å². The molecule has 0 saturated carbocycles. The molecule has 5 nitrogen and oxygen atoms in total. The number of rotatable bonds is 6. The van der Waals surface area contributed by atoms with Gasteiger partial charge in [0, 0.05) is 5.75 Å². The first-order valence-electron chi connectivity index (χ1n) is 7.25. The van der Waals surface area contributed by atoms with E-state index in [9.17, 15) is 14.7 Å². The van der Waals surface area contributed by atoms with Crippen LogP contribution in [0.2, 0.25) is 0 Å². The van der Waals surface area contributed by atoms with E-state index in [1.54, 1.807) is 11.8 Å². The van der Waals surface area contributed by atoms with Crippen LogP contribution in [0.4, 0.5) is 0 Å². The number of carbonyl (C=O) groups excluding carboxylic acids is 1.